The first-order valence-electron chi connectivity index (χ1n) is 11.7. The Kier molecular flexibility index (Phi) is 7.39. The van der Waals surface area contributed by atoms with Crippen LogP contribution in [0.4, 0.5) is 13.2 Å². The van der Waals surface area contributed by atoms with Crippen LogP contribution in [0.1, 0.15) is 23.6 Å². The fourth-order valence-electron chi connectivity index (χ4n) is 4.09. The molecule has 0 fully saturated rings. The van der Waals surface area contributed by atoms with Gasteiger partial charge in [-0.3, -0.25) is 9.69 Å². The van der Waals surface area contributed by atoms with Crippen molar-refractivity contribution < 1.29 is 32.7 Å². The Hall–Kier alpha value is -4.02. The van der Waals surface area contributed by atoms with Crippen LogP contribution in [0.3, 0.4) is 0 Å². The van der Waals surface area contributed by atoms with Gasteiger partial charge in [0.15, 0.2) is 0 Å². The summed E-state index contributed by atoms with van der Waals surface area (Å²) >= 11 is 0. The first-order chi connectivity index (χ1) is 17.9. The highest BCUT2D eigenvalue weighted by Gasteiger charge is 2.37. The van der Waals surface area contributed by atoms with Crippen LogP contribution < -0.4 is 0 Å². The van der Waals surface area contributed by atoms with Gasteiger partial charge in [0.1, 0.15) is 5.54 Å². The molecule has 4 aromatic rings. The molecule has 1 aromatic heterocycles. The molecule has 1 atom stereocenters. The van der Waals surface area contributed by atoms with Gasteiger partial charge in [-0.1, -0.05) is 53.7 Å². The first kappa shape index (κ1) is 27.0. The number of hydrogen-bond acceptors (Lipinski definition) is 6. The number of halogens is 3. The van der Waals surface area contributed by atoms with Gasteiger partial charge in [0.25, 0.3) is 5.89 Å². The largest absolute Gasteiger partial charge is 0.480 e. The van der Waals surface area contributed by atoms with E-state index in [4.69, 9.17) is 4.52 Å². The second-order valence-corrected chi connectivity index (χ2v) is 9.29. The Bertz CT molecular complexity index is 1470. The van der Waals surface area contributed by atoms with Gasteiger partial charge in [-0.2, -0.15) is 18.2 Å². The van der Waals surface area contributed by atoms with Crippen molar-refractivity contribution in [3.05, 3.63) is 83.4 Å². The summed E-state index contributed by atoms with van der Waals surface area (Å²) in [5.41, 5.74) is 0.379. The van der Waals surface area contributed by atoms with Gasteiger partial charge in [0.2, 0.25) is 5.82 Å². The number of carboxylic acid groups (broad SMARTS) is 1. The van der Waals surface area contributed by atoms with Crippen LogP contribution >= 0.6 is 0 Å². The molecule has 3 aromatic carbocycles. The highest BCUT2D eigenvalue weighted by Crippen LogP contribution is 2.40. The topological polar surface area (TPSA) is 99.7 Å². The Morgan fingerprint density at radius 1 is 1.00 bits per heavy atom. The molecule has 1 unspecified atom stereocenters. The number of benzene rings is 3. The highest BCUT2D eigenvalue weighted by molar-refractivity contribution is 5.78. The maximum absolute atomic E-state index is 14.0. The first-order valence-corrected chi connectivity index (χ1v) is 11.7. The number of carbonyl (C=O) groups is 1. The van der Waals surface area contributed by atoms with Gasteiger partial charge < -0.3 is 14.7 Å². The zero-order chi connectivity index (χ0) is 27.7. The van der Waals surface area contributed by atoms with Crippen molar-refractivity contribution in [2.45, 2.75) is 32.1 Å². The molecule has 0 aliphatic heterocycles. The van der Waals surface area contributed by atoms with Crippen molar-refractivity contribution in [3.63, 3.8) is 0 Å². The van der Waals surface area contributed by atoms with Crippen LogP contribution in [-0.4, -0.2) is 50.4 Å². The van der Waals surface area contributed by atoms with E-state index in [-0.39, 0.29) is 29.4 Å². The molecular weight excluding hydrogens is 499 g/mol. The van der Waals surface area contributed by atoms with Crippen molar-refractivity contribution in [1.82, 2.24) is 15.0 Å². The lowest BCUT2D eigenvalue weighted by molar-refractivity contribution is -0.152. The summed E-state index contributed by atoms with van der Waals surface area (Å²) in [4.78, 5) is 17.4. The zero-order valence-corrected chi connectivity index (χ0v) is 21.0. The van der Waals surface area contributed by atoms with Crippen LogP contribution in [0.25, 0.3) is 34.0 Å². The Morgan fingerprint density at radius 3 is 2.39 bits per heavy atom. The fourth-order valence-corrected chi connectivity index (χ4v) is 4.09. The van der Waals surface area contributed by atoms with E-state index in [9.17, 15) is 28.2 Å². The molecule has 0 aliphatic carbocycles. The average Bonchev–Trinajstić information content (AvgIpc) is 3.38. The van der Waals surface area contributed by atoms with Gasteiger partial charge in [0, 0.05) is 17.7 Å². The minimum absolute atomic E-state index is 0.0622. The number of likely N-dealkylation sites (N-methyl/N-ethyl adjacent to an activating group) is 1. The molecule has 38 heavy (non-hydrogen) atoms. The van der Waals surface area contributed by atoms with Gasteiger partial charge >= 0.3 is 12.1 Å². The van der Waals surface area contributed by atoms with Gasteiger partial charge in [-0.05, 0) is 61.3 Å². The normalized spacial score (nSPS) is 13.5. The van der Waals surface area contributed by atoms with Crippen molar-refractivity contribution in [2.24, 2.45) is 0 Å². The van der Waals surface area contributed by atoms with E-state index in [0.717, 1.165) is 17.2 Å². The van der Waals surface area contributed by atoms with E-state index in [1.807, 2.05) is 0 Å². The lowest BCUT2D eigenvalue weighted by atomic mass is 9.94. The van der Waals surface area contributed by atoms with E-state index in [1.165, 1.54) is 24.0 Å². The quantitative estimate of drug-likeness (QED) is 0.306. The van der Waals surface area contributed by atoms with E-state index in [2.05, 4.69) is 10.1 Å². The number of hydrogen-bond donors (Lipinski definition) is 2. The molecule has 1 heterocycles. The van der Waals surface area contributed by atoms with E-state index >= 15 is 0 Å². The molecule has 0 saturated carbocycles. The third-order valence-electron chi connectivity index (χ3n) is 6.65. The lowest BCUT2D eigenvalue weighted by Gasteiger charge is -2.33. The molecule has 4 rings (SSSR count). The minimum Gasteiger partial charge on any atom is -0.480 e. The second-order valence-electron chi connectivity index (χ2n) is 9.29. The number of rotatable bonds is 8. The molecule has 0 bridgehead atoms. The number of nitrogens with zero attached hydrogens (tertiary/aromatic N) is 3. The number of alkyl halides is 3. The van der Waals surface area contributed by atoms with Crippen LogP contribution in [-0.2, 0) is 17.5 Å². The molecular formula is C28H26F3N3O4. The predicted molar refractivity (Wildman–Crippen MR) is 135 cm³/mol. The number of aliphatic hydroxyl groups excluding tert-OH is 1. The zero-order valence-electron chi connectivity index (χ0n) is 21.0. The summed E-state index contributed by atoms with van der Waals surface area (Å²) in [6.45, 7) is 2.81. The summed E-state index contributed by atoms with van der Waals surface area (Å²) < 4.78 is 47.4. The van der Waals surface area contributed by atoms with E-state index in [0.29, 0.717) is 11.1 Å². The summed E-state index contributed by atoms with van der Waals surface area (Å²) in [6.07, 6.45) is -4.60. The van der Waals surface area contributed by atoms with E-state index in [1.54, 1.807) is 62.5 Å². The summed E-state index contributed by atoms with van der Waals surface area (Å²) in [5.74, 6) is -1.06. The summed E-state index contributed by atoms with van der Waals surface area (Å²) in [6, 6.07) is 17.7. The predicted octanol–water partition coefficient (Wildman–Crippen LogP) is 5.67. The number of aliphatic hydroxyl groups is 1. The summed E-state index contributed by atoms with van der Waals surface area (Å²) in [7, 11) is 1.59. The Labute approximate surface area is 217 Å². The molecule has 198 valence electrons. The van der Waals surface area contributed by atoms with E-state index < -0.39 is 29.9 Å². The minimum atomic E-state index is -4.60. The summed E-state index contributed by atoms with van der Waals surface area (Å²) in [5, 5.41) is 23.0. The molecule has 0 spiro atoms. The maximum Gasteiger partial charge on any atom is 0.417 e. The number of aryl methyl sites for hydroxylation is 1. The number of aromatic nitrogens is 2. The third kappa shape index (κ3) is 5.32. The van der Waals surface area contributed by atoms with Crippen LogP contribution in [0.2, 0.25) is 0 Å². The van der Waals surface area contributed by atoms with Crippen LogP contribution in [0.5, 0.6) is 0 Å². The van der Waals surface area contributed by atoms with Gasteiger partial charge in [-0.15, -0.1) is 0 Å². The molecule has 2 N–H and O–H groups in total. The van der Waals surface area contributed by atoms with Crippen molar-refractivity contribution in [2.75, 3.05) is 13.7 Å². The van der Waals surface area contributed by atoms with Crippen molar-refractivity contribution in [3.8, 4) is 34.0 Å². The van der Waals surface area contributed by atoms with Crippen LogP contribution in [0, 0.1) is 6.92 Å². The second kappa shape index (κ2) is 10.4. The highest BCUT2D eigenvalue weighted by atomic mass is 19.4. The smallest absolute Gasteiger partial charge is 0.417 e. The number of carboxylic acids is 1. The molecule has 7 nitrogen and oxygen atoms in total. The van der Waals surface area contributed by atoms with Crippen LogP contribution in [0.15, 0.2) is 71.3 Å². The van der Waals surface area contributed by atoms with Crippen molar-refractivity contribution >= 4 is 5.97 Å². The number of aliphatic carboxylic acids is 1. The molecule has 0 radical (unpaired) electrons. The average molecular weight is 526 g/mol. The standard InChI is InChI=1S/C28H26F3N3O4/c1-17-7-4-5-10-21(17)22-12-11-20(14-23(22)28(29,30)31)25-32-24(33-38-25)19-9-6-8-18(13-19)15-34(3)27(2,16-35)26(36)37/h4-14,35H,15-16H2,1-3H3,(H,36,37). The van der Waals surface area contributed by atoms with Crippen molar-refractivity contribution in [1.29, 1.82) is 0 Å². The Morgan fingerprint density at radius 2 is 1.74 bits per heavy atom. The molecule has 10 heteroatoms. The Balaban J connectivity index is 1.65. The monoisotopic (exact) mass is 525 g/mol. The van der Waals surface area contributed by atoms with Gasteiger partial charge in [0.05, 0.1) is 12.2 Å². The SMILES string of the molecule is Cc1ccccc1-c1ccc(-c2nc(-c3cccc(CN(C)C(C)(CO)C(=O)O)c3)no2)cc1C(F)(F)F. The molecule has 0 saturated heterocycles. The lowest BCUT2D eigenvalue weighted by Crippen LogP contribution is -2.52. The fraction of sp³-hybridized carbons (Fsp3) is 0.250. The molecule has 0 amide bonds. The molecule has 0 aliphatic rings. The van der Waals surface area contributed by atoms with Gasteiger partial charge in [-0.25, -0.2) is 0 Å². The maximum atomic E-state index is 14.0. The third-order valence-corrected chi connectivity index (χ3v) is 6.65.